The summed E-state index contributed by atoms with van der Waals surface area (Å²) in [6.45, 7) is 5.98. The van der Waals surface area contributed by atoms with Crippen LogP contribution in [-0.2, 0) is 11.2 Å². The number of nitrogens with zero attached hydrogens (tertiary/aromatic N) is 3. The Kier molecular flexibility index (Phi) is 5.14. The van der Waals surface area contributed by atoms with E-state index in [4.69, 9.17) is 9.72 Å². The second-order valence-corrected chi connectivity index (χ2v) is 9.70. The van der Waals surface area contributed by atoms with E-state index in [0.717, 1.165) is 39.0 Å². The van der Waals surface area contributed by atoms with Crippen LogP contribution < -0.4 is 4.90 Å². The second kappa shape index (κ2) is 8.12. The van der Waals surface area contributed by atoms with Gasteiger partial charge in [0.25, 0.3) is 0 Å². The number of phenols is 1. The van der Waals surface area contributed by atoms with Crippen molar-refractivity contribution in [1.82, 2.24) is 9.97 Å². The number of anilines is 1. The number of ether oxygens (including phenoxy) is 1. The van der Waals surface area contributed by atoms with Crippen molar-refractivity contribution in [1.29, 1.82) is 0 Å². The third-order valence-electron chi connectivity index (χ3n) is 7.50. The summed E-state index contributed by atoms with van der Waals surface area (Å²) in [5.41, 5.74) is 1.33. The predicted octanol–water partition coefficient (Wildman–Crippen LogP) is 6.06. The molecule has 1 N–H and O–H groups in total. The molecule has 0 bridgehead atoms. The average molecular weight is 476 g/mol. The van der Waals surface area contributed by atoms with Crippen molar-refractivity contribution in [3.8, 4) is 16.9 Å². The van der Waals surface area contributed by atoms with E-state index in [9.17, 15) is 9.50 Å². The van der Waals surface area contributed by atoms with E-state index in [2.05, 4.69) is 9.88 Å². The first kappa shape index (κ1) is 22.2. The van der Waals surface area contributed by atoms with Crippen LogP contribution in [0, 0.1) is 18.6 Å². The van der Waals surface area contributed by atoms with Crippen molar-refractivity contribution in [2.45, 2.75) is 45.1 Å². The van der Waals surface area contributed by atoms with Crippen molar-refractivity contribution in [3.05, 3.63) is 59.4 Å². The molecule has 1 unspecified atom stereocenters. The number of piperidine rings is 1. The molecule has 2 saturated heterocycles. The van der Waals surface area contributed by atoms with Crippen LogP contribution in [0.2, 0.25) is 0 Å². The molecule has 2 aliphatic heterocycles. The highest BCUT2D eigenvalue weighted by Gasteiger charge is 2.42. The number of hydrogen-bond donors (Lipinski definition) is 1. The maximum absolute atomic E-state index is 16.2. The quantitative estimate of drug-likeness (QED) is 0.390. The molecule has 0 amide bonds. The molecule has 0 radical (unpaired) electrons. The molecular weight excluding hydrogens is 448 g/mol. The number of hydrogen-bond acceptors (Lipinski definition) is 5. The molecule has 35 heavy (non-hydrogen) atoms. The maximum atomic E-state index is 16.2. The van der Waals surface area contributed by atoms with Crippen molar-refractivity contribution in [3.63, 3.8) is 0 Å². The van der Waals surface area contributed by atoms with Crippen LogP contribution >= 0.6 is 0 Å². The van der Waals surface area contributed by atoms with Crippen molar-refractivity contribution in [2.75, 3.05) is 24.6 Å². The summed E-state index contributed by atoms with van der Waals surface area (Å²) in [6.07, 6.45) is 3.50. The Labute approximate surface area is 202 Å². The summed E-state index contributed by atoms with van der Waals surface area (Å²) >= 11 is 0. The highest BCUT2D eigenvalue weighted by atomic mass is 19.1. The average Bonchev–Trinajstić information content (AvgIpc) is 2.83. The number of aryl methyl sites for hydroxylation is 2. The van der Waals surface area contributed by atoms with Gasteiger partial charge in [0.1, 0.15) is 28.7 Å². The zero-order valence-corrected chi connectivity index (χ0v) is 19.9. The lowest BCUT2D eigenvalue weighted by Crippen LogP contribution is -2.56. The minimum absolute atomic E-state index is 0.000622. The van der Waals surface area contributed by atoms with Crippen LogP contribution in [0.15, 0.2) is 36.4 Å². The third-order valence-corrected chi connectivity index (χ3v) is 7.50. The minimum atomic E-state index is -0.501. The zero-order valence-electron chi connectivity index (χ0n) is 19.9. The third kappa shape index (κ3) is 3.52. The fourth-order valence-electron chi connectivity index (χ4n) is 5.75. The lowest BCUT2D eigenvalue weighted by molar-refractivity contribution is -0.151. The maximum Gasteiger partial charge on any atom is 0.157 e. The van der Waals surface area contributed by atoms with E-state index in [1.165, 1.54) is 12.1 Å². The van der Waals surface area contributed by atoms with Gasteiger partial charge in [-0.2, -0.15) is 0 Å². The first-order valence-corrected chi connectivity index (χ1v) is 12.2. The molecule has 2 aliphatic rings. The van der Waals surface area contributed by atoms with Crippen molar-refractivity contribution in [2.24, 2.45) is 0 Å². The Bertz CT molecular complexity index is 1480. The van der Waals surface area contributed by atoms with Gasteiger partial charge in [-0.3, -0.25) is 0 Å². The fraction of sp³-hybridized carbons (Fsp3) is 0.357. The van der Waals surface area contributed by atoms with E-state index in [1.807, 2.05) is 13.0 Å². The summed E-state index contributed by atoms with van der Waals surface area (Å²) < 4.78 is 36.8. The predicted molar refractivity (Wildman–Crippen MR) is 133 cm³/mol. The molecule has 6 rings (SSSR count). The number of halogens is 2. The number of aromatic hydroxyl groups is 1. The monoisotopic (exact) mass is 475 g/mol. The van der Waals surface area contributed by atoms with Crippen molar-refractivity contribution >= 4 is 27.5 Å². The van der Waals surface area contributed by atoms with Crippen LogP contribution in [0.25, 0.3) is 32.8 Å². The SMILES string of the molecule is CCc1c(F)ccc2cc(O)cc(-c3ccc4c(N5CCCC6(CCO6)C5)nc(C)nc4c3F)c12. The minimum Gasteiger partial charge on any atom is -0.508 e. The number of rotatable bonds is 3. The number of aromatic nitrogens is 2. The molecule has 7 heteroatoms. The van der Waals surface area contributed by atoms with Crippen LogP contribution in [-0.4, -0.2) is 40.4 Å². The molecule has 2 fully saturated rings. The first-order valence-electron chi connectivity index (χ1n) is 12.2. The molecule has 3 aromatic carbocycles. The molecule has 1 atom stereocenters. The second-order valence-electron chi connectivity index (χ2n) is 9.70. The highest BCUT2D eigenvalue weighted by molar-refractivity contribution is 6.03. The fourth-order valence-corrected chi connectivity index (χ4v) is 5.75. The van der Waals surface area contributed by atoms with E-state index in [1.54, 1.807) is 25.1 Å². The zero-order chi connectivity index (χ0) is 24.3. The summed E-state index contributed by atoms with van der Waals surface area (Å²) in [7, 11) is 0. The summed E-state index contributed by atoms with van der Waals surface area (Å²) in [4.78, 5) is 11.4. The standard InChI is InChI=1S/C28H27F2N3O2/c1-3-19-23(29)8-5-17-13-18(34)14-22(24(17)19)20-6-7-21-26(25(20)30)31-16(2)32-27(21)33-11-4-9-28(15-33)10-12-35-28/h5-8,13-14,34H,3-4,9-12,15H2,1-2H3. The summed E-state index contributed by atoms with van der Waals surface area (Å²) in [5, 5.41) is 12.3. The van der Waals surface area contributed by atoms with Crippen molar-refractivity contribution < 1.29 is 18.6 Å². The van der Waals surface area contributed by atoms with Gasteiger partial charge >= 0.3 is 0 Å². The van der Waals surface area contributed by atoms with Crippen LogP contribution in [0.5, 0.6) is 5.75 Å². The molecular formula is C28H27F2N3O2. The molecule has 1 aromatic heterocycles. The Morgan fingerprint density at radius 3 is 2.66 bits per heavy atom. The number of fused-ring (bicyclic) bond motifs is 2. The lowest BCUT2D eigenvalue weighted by Gasteiger charge is -2.49. The molecule has 3 heterocycles. The number of benzene rings is 3. The van der Waals surface area contributed by atoms with Gasteiger partial charge in [0.15, 0.2) is 5.82 Å². The van der Waals surface area contributed by atoms with Gasteiger partial charge in [0.2, 0.25) is 0 Å². The Hall–Kier alpha value is -3.32. The Morgan fingerprint density at radius 2 is 1.91 bits per heavy atom. The topological polar surface area (TPSA) is 58.5 Å². The van der Waals surface area contributed by atoms with Gasteiger partial charge in [-0.15, -0.1) is 0 Å². The van der Waals surface area contributed by atoms with Crippen LogP contribution in [0.4, 0.5) is 14.6 Å². The number of phenolic OH excluding ortho intramolecular Hbond substituents is 1. The molecule has 5 nitrogen and oxygen atoms in total. The summed E-state index contributed by atoms with van der Waals surface area (Å²) in [6, 6.07) is 9.62. The first-order chi connectivity index (χ1) is 16.9. The normalized spacial score (nSPS) is 20.1. The van der Waals surface area contributed by atoms with Gasteiger partial charge in [-0.1, -0.05) is 19.1 Å². The van der Waals surface area contributed by atoms with Gasteiger partial charge < -0.3 is 14.7 Å². The molecule has 0 saturated carbocycles. The van der Waals surface area contributed by atoms with Crippen LogP contribution in [0.1, 0.15) is 37.6 Å². The Morgan fingerprint density at radius 1 is 1.09 bits per heavy atom. The lowest BCUT2D eigenvalue weighted by atomic mass is 9.85. The van der Waals surface area contributed by atoms with Gasteiger partial charge in [0, 0.05) is 30.5 Å². The largest absolute Gasteiger partial charge is 0.508 e. The van der Waals surface area contributed by atoms with E-state index >= 15 is 4.39 Å². The summed E-state index contributed by atoms with van der Waals surface area (Å²) in [5.74, 6) is 0.358. The van der Waals surface area contributed by atoms with E-state index in [-0.39, 0.29) is 28.2 Å². The molecule has 0 aliphatic carbocycles. The highest BCUT2D eigenvalue weighted by Crippen LogP contribution is 2.41. The van der Waals surface area contributed by atoms with E-state index in [0.29, 0.717) is 45.3 Å². The van der Waals surface area contributed by atoms with Gasteiger partial charge in [-0.25, -0.2) is 18.7 Å². The molecule has 4 aromatic rings. The molecule has 1 spiro atoms. The van der Waals surface area contributed by atoms with Gasteiger partial charge in [0.05, 0.1) is 12.2 Å². The van der Waals surface area contributed by atoms with Crippen LogP contribution in [0.3, 0.4) is 0 Å². The molecule has 180 valence electrons. The van der Waals surface area contributed by atoms with E-state index < -0.39 is 5.82 Å². The van der Waals surface area contributed by atoms with Gasteiger partial charge in [-0.05, 0) is 72.4 Å². The Balaban J connectivity index is 1.55. The smallest absolute Gasteiger partial charge is 0.157 e.